The first-order chi connectivity index (χ1) is 12.1. The van der Waals surface area contributed by atoms with Gasteiger partial charge in [0.25, 0.3) is 0 Å². The van der Waals surface area contributed by atoms with E-state index in [1.165, 1.54) is 0 Å². The molecule has 5 nitrogen and oxygen atoms in total. The van der Waals surface area contributed by atoms with Gasteiger partial charge in [0.15, 0.2) is 0 Å². The first-order valence-electron chi connectivity index (χ1n) is 8.21. The Hall–Kier alpha value is -2.05. The van der Waals surface area contributed by atoms with Gasteiger partial charge in [-0.25, -0.2) is 8.42 Å². The van der Waals surface area contributed by atoms with Gasteiger partial charge in [0.1, 0.15) is 6.54 Å². The number of amides is 1. The van der Waals surface area contributed by atoms with Crippen molar-refractivity contribution < 1.29 is 13.2 Å². The molecule has 1 amide bonds. The SMILES string of the molecule is Cc1ccc(Cl)cc1NC(=O)CN(c1ccc(C(C)C)cc1)S(C)(=O)=O. The Morgan fingerprint density at radius 3 is 2.31 bits per heavy atom. The van der Waals surface area contributed by atoms with Gasteiger partial charge < -0.3 is 5.32 Å². The molecule has 0 spiro atoms. The molecule has 0 aliphatic carbocycles. The largest absolute Gasteiger partial charge is 0.324 e. The predicted molar refractivity (Wildman–Crippen MR) is 108 cm³/mol. The van der Waals surface area contributed by atoms with Crippen molar-refractivity contribution in [1.82, 2.24) is 0 Å². The minimum Gasteiger partial charge on any atom is -0.324 e. The number of anilines is 2. The van der Waals surface area contributed by atoms with Crippen LogP contribution in [0.25, 0.3) is 0 Å². The number of hydrogen-bond donors (Lipinski definition) is 1. The van der Waals surface area contributed by atoms with E-state index in [9.17, 15) is 13.2 Å². The molecule has 2 aromatic rings. The number of aryl methyl sites for hydroxylation is 1. The van der Waals surface area contributed by atoms with Crippen LogP contribution in [0, 0.1) is 6.92 Å². The summed E-state index contributed by atoms with van der Waals surface area (Å²) in [4.78, 5) is 12.4. The summed E-state index contributed by atoms with van der Waals surface area (Å²) in [5.41, 5.74) is 2.96. The summed E-state index contributed by atoms with van der Waals surface area (Å²) >= 11 is 5.96. The van der Waals surface area contributed by atoms with E-state index < -0.39 is 15.9 Å². The molecule has 0 bridgehead atoms. The number of nitrogens with one attached hydrogen (secondary N) is 1. The molecule has 0 atom stereocenters. The van der Waals surface area contributed by atoms with Gasteiger partial charge in [-0.3, -0.25) is 9.10 Å². The molecule has 0 heterocycles. The van der Waals surface area contributed by atoms with Gasteiger partial charge in [-0.1, -0.05) is 43.6 Å². The number of carbonyl (C=O) groups excluding carboxylic acids is 1. The molecule has 7 heteroatoms. The molecule has 0 aliphatic rings. The molecule has 2 aromatic carbocycles. The Kier molecular flexibility index (Phi) is 6.31. The number of halogens is 1. The van der Waals surface area contributed by atoms with Crippen LogP contribution in [0.15, 0.2) is 42.5 Å². The summed E-state index contributed by atoms with van der Waals surface area (Å²) in [6.07, 6.45) is 1.08. The Morgan fingerprint density at radius 1 is 1.15 bits per heavy atom. The van der Waals surface area contributed by atoms with Crippen molar-refractivity contribution in [1.29, 1.82) is 0 Å². The molecular formula is C19H23ClN2O3S. The third-order valence-electron chi connectivity index (χ3n) is 4.01. The molecule has 0 aliphatic heterocycles. The van der Waals surface area contributed by atoms with Crippen LogP contribution in [-0.4, -0.2) is 27.1 Å². The first-order valence-corrected chi connectivity index (χ1v) is 10.4. The van der Waals surface area contributed by atoms with E-state index in [1.807, 2.05) is 19.1 Å². The first kappa shape index (κ1) is 20.3. The summed E-state index contributed by atoms with van der Waals surface area (Å²) in [6, 6.07) is 12.3. The molecule has 0 fully saturated rings. The number of hydrogen-bond acceptors (Lipinski definition) is 3. The zero-order valence-corrected chi connectivity index (χ0v) is 16.9. The summed E-state index contributed by atoms with van der Waals surface area (Å²) in [6.45, 7) is 5.64. The average Bonchev–Trinajstić information content (AvgIpc) is 2.55. The fourth-order valence-electron chi connectivity index (χ4n) is 2.47. The average molecular weight is 395 g/mol. The Balaban J connectivity index is 2.23. The number of sulfonamides is 1. The minimum absolute atomic E-state index is 0.314. The van der Waals surface area contributed by atoms with E-state index in [-0.39, 0.29) is 6.54 Å². The highest BCUT2D eigenvalue weighted by Crippen LogP contribution is 2.23. The minimum atomic E-state index is -3.61. The van der Waals surface area contributed by atoms with E-state index in [0.717, 1.165) is 21.7 Å². The highest BCUT2D eigenvalue weighted by molar-refractivity contribution is 7.92. The lowest BCUT2D eigenvalue weighted by Gasteiger charge is -2.22. The Labute approximate surface area is 160 Å². The zero-order valence-electron chi connectivity index (χ0n) is 15.3. The second-order valence-electron chi connectivity index (χ2n) is 6.52. The standard InChI is InChI=1S/C19H23ClN2O3S/c1-13(2)15-6-9-17(10-7-15)22(26(4,24)25)12-19(23)21-18-11-16(20)8-5-14(18)3/h5-11,13H,12H2,1-4H3,(H,21,23). The van der Waals surface area contributed by atoms with E-state index in [4.69, 9.17) is 11.6 Å². The van der Waals surface area contributed by atoms with E-state index in [2.05, 4.69) is 19.2 Å². The van der Waals surface area contributed by atoms with Crippen molar-refractivity contribution in [2.45, 2.75) is 26.7 Å². The smallest absolute Gasteiger partial charge is 0.245 e. The topological polar surface area (TPSA) is 66.5 Å². The quantitative estimate of drug-likeness (QED) is 0.799. The highest BCUT2D eigenvalue weighted by Gasteiger charge is 2.21. The monoisotopic (exact) mass is 394 g/mol. The van der Waals surface area contributed by atoms with Gasteiger partial charge in [-0.2, -0.15) is 0 Å². The van der Waals surface area contributed by atoms with Crippen molar-refractivity contribution in [3.63, 3.8) is 0 Å². The summed E-state index contributed by atoms with van der Waals surface area (Å²) in [5.74, 6) is -0.0986. The lowest BCUT2D eigenvalue weighted by atomic mass is 10.0. The van der Waals surface area contributed by atoms with Crippen LogP contribution < -0.4 is 9.62 Å². The predicted octanol–water partition coefficient (Wildman–Crippen LogP) is 4.18. The van der Waals surface area contributed by atoms with Gasteiger partial charge in [0.05, 0.1) is 11.9 Å². The molecule has 26 heavy (non-hydrogen) atoms. The van der Waals surface area contributed by atoms with Crippen LogP contribution in [0.4, 0.5) is 11.4 Å². The van der Waals surface area contributed by atoms with E-state index in [0.29, 0.717) is 22.3 Å². The number of carbonyl (C=O) groups is 1. The third kappa shape index (κ3) is 5.22. The summed E-state index contributed by atoms with van der Waals surface area (Å²) in [5, 5.41) is 3.22. The van der Waals surface area contributed by atoms with Crippen LogP contribution >= 0.6 is 11.6 Å². The molecule has 140 valence electrons. The second-order valence-corrected chi connectivity index (χ2v) is 8.87. The maximum absolute atomic E-state index is 12.4. The van der Waals surface area contributed by atoms with Crippen molar-refractivity contribution in [2.75, 3.05) is 22.4 Å². The maximum Gasteiger partial charge on any atom is 0.245 e. The van der Waals surface area contributed by atoms with E-state index >= 15 is 0 Å². The lowest BCUT2D eigenvalue weighted by Crippen LogP contribution is -2.37. The molecule has 0 radical (unpaired) electrons. The van der Waals surface area contributed by atoms with E-state index in [1.54, 1.807) is 30.3 Å². The molecular weight excluding hydrogens is 372 g/mol. The molecule has 0 unspecified atom stereocenters. The number of benzene rings is 2. The number of nitrogens with zero attached hydrogens (tertiary/aromatic N) is 1. The van der Waals surface area contributed by atoms with Crippen LogP contribution in [0.3, 0.4) is 0 Å². The molecule has 1 N–H and O–H groups in total. The molecule has 2 rings (SSSR count). The van der Waals surface area contributed by atoms with Gasteiger partial charge in [-0.05, 0) is 48.2 Å². The fraction of sp³-hybridized carbons (Fsp3) is 0.316. The van der Waals surface area contributed by atoms with Gasteiger partial charge >= 0.3 is 0 Å². The van der Waals surface area contributed by atoms with Crippen LogP contribution in [0.5, 0.6) is 0 Å². The van der Waals surface area contributed by atoms with Crippen molar-refractivity contribution >= 4 is 38.9 Å². The van der Waals surface area contributed by atoms with Crippen molar-refractivity contribution in [3.8, 4) is 0 Å². The maximum atomic E-state index is 12.4. The van der Waals surface area contributed by atoms with Crippen molar-refractivity contribution in [2.24, 2.45) is 0 Å². The van der Waals surface area contributed by atoms with Crippen LogP contribution in [0.1, 0.15) is 30.9 Å². The molecule has 0 aromatic heterocycles. The summed E-state index contributed by atoms with van der Waals surface area (Å²) < 4.78 is 25.5. The highest BCUT2D eigenvalue weighted by atomic mass is 35.5. The molecule has 0 saturated carbocycles. The normalized spacial score (nSPS) is 11.5. The Bertz CT molecular complexity index is 894. The van der Waals surface area contributed by atoms with Gasteiger partial charge in [-0.15, -0.1) is 0 Å². The van der Waals surface area contributed by atoms with Gasteiger partial charge in [0, 0.05) is 10.7 Å². The second kappa shape index (κ2) is 8.10. The van der Waals surface area contributed by atoms with Crippen LogP contribution in [0.2, 0.25) is 5.02 Å². The summed E-state index contributed by atoms with van der Waals surface area (Å²) in [7, 11) is -3.61. The van der Waals surface area contributed by atoms with Gasteiger partial charge in [0.2, 0.25) is 15.9 Å². The number of rotatable bonds is 6. The molecule has 0 saturated heterocycles. The Morgan fingerprint density at radius 2 is 1.77 bits per heavy atom. The third-order valence-corrected chi connectivity index (χ3v) is 5.38. The lowest BCUT2D eigenvalue weighted by molar-refractivity contribution is -0.114. The fourth-order valence-corrected chi connectivity index (χ4v) is 3.50. The van der Waals surface area contributed by atoms with Crippen molar-refractivity contribution in [3.05, 3.63) is 58.6 Å². The zero-order chi connectivity index (χ0) is 19.5. The van der Waals surface area contributed by atoms with Crippen LogP contribution in [-0.2, 0) is 14.8 Å².